The molecule has 4 bridgehead atoms. The van der Waals surface area contributed by atoms with E-state index in [-0.39, 0.29) is 5.54 Å². The van der Waals surface area contributed by atoms with E-state index in [2.05, 4.69) is 27.8 Å². The van der Waals surface area contributed by atoms with Crippen molar-refractivity contribution in [2.45, 2.75) is 57.4 Å². The van der Waals surface area contributed by atoms with Crippen molar-refractivity contribution in [1.29, 1.82) is 0 Å². The molecule has 4 nitrogen and oxygen atoms in total. The van der Waals surface area contributed by atoms with Crippen LogP contribution in [0, 0.1) is 17.8 Å². The summed E-state index contributed by atoms with van der Waals surface area (Å²) in [6, 6.07) is 5.89. The molecule has 4 fully saturated rings. The van der Waals surface area contributed by atoms with Crippen molar-refractivity contribution < 1.29 is 0 Å². The van der Waals surface area contributed by atoms with Gasteiger partial charge in [-0.25, -0.2) is 0 Å². The van der Waals surface area contributed by atoms with E-state index in [9.17, 15) is 0 Å². The number of pyridine rings is 1. The average Bonchev–Trinajstić information content (AvgIpc) is 2.54. The van der Waals surface area contributed by atoms with Gasteiger partial charge in [0, 0.05) is 11.7 Å². The minimum absolute atomic E-state index is 0.228. The molecule has 0 unspecified atom stereocenters. The third-order valence-electron chi connectivity index (χ3n) is 6.00. The van der Waals surface area contributed by atoms with Crippen LogP contribution in [0.1, 0.15) is 57.6 Å². The zero-order valence-electron chi connectivity index (χ0n) is 14.3. The lowest BCUT2D eigenvalue weighted by molar-refractivity contribution is -0.0101. The molecule has 24 heavy (non-hydrogen) atoms. The number of thiocarbonyl (C=S) groups is 1. The Morgan fingerprint density at radius 1 is 1.21 bits per heavy atom. The van der Waals surface area contributed by atoms with E-state index in [1.807, 2.05) is 18.2 Å². The molecule has 1 heterocycles. The number of aromatic nitrogens is 1. The van der Waals surface area contributed by atoms with Crippen molar-refractivity contribution >= 4 is 23.0 Å². The first-order valence-electron chi connectivity index (χ1n) is 9.22. The van der Waals surface area contributed by atoms with Crippen molar-refractivity contribution in [3.8, 4) is 0 Å². The molecule has 0 spiro atoms. The molecule has 4 aliphatic rings. The highest BCUT2D eigenvalue weighted by Crippen LogP contribution is 2.55. The fraction of sp³-hybridized carbons (Fsp3) is 0.632. The Kier molecular flexibility index (Phi) is 4.29. The van der Waals surface area contributed by atoms with Crippen LogP contribution in [0.25, 0.3) is 0 Å². The van der Waals surface area contributed by atoms with Crippen molar-refractivity contribution in [1.82, 2.24) is 15.7 Å². The van der Waals surface area contributed by atoms with Gasteiger partial charge in [0.2, 0.25) is 0 Å². The molecule has 4 saturated carbocycles. The molecule has 0 amide bonds. The fourth-order valence-electron chi connectivity index (χ4n) is 5.50. The monoisotopic (exact) mass is 342 g/mol. The van der Waals surface area contributed by atoms with Gasteiger partial charge in [0.25, 0.3) is 0 Å². The number of rotatable bonds is 4. The lowest BCUT2D eigenvalue weighted by Crippen LogP contribution is -2.61. The Morgan fingerprint density at radius 3 is 2.42 bits per heavy atom. The lowest BCUT2D eigenvalue weighted by Gasteiger charge is -2.57. The molecular formula is C19H26N4S. The Labute approximate surface area is 149 Å². The Bertz CT molecular complexity index is 605. The summed E-state index contributed by atoms with van der Waals surface area (Å²) in [4.78, 5) is 4.37. The van der Waals surface area contributed by atoms with Crippen molar-refractivity contribution in [2.75, 3.05) is 0 Å². The highest BCUT2D eigenvalue weighted by molar-refractivity contribution is 7.80. The Hall–Kier alpha value is -1.49. The van der Waals surface area contributed by atoms with Gasteiger partial charge in [0.1, 0.15) is 0 Å². The van der Waals surface area contributed by atoms with Crippen molar-refractivity contribution in [3.63, 3.8) is 0 Å². The van der Waals surface area contributed by atoms with Crippen LogP contribution >= 0.6 is 12.2 Å². The summed E-state index contributed by atoms with van der Waals surface area (Å²) in [7, 11) is 0. The number of hydrazone groups is 1. The number of nitrogens with one attached hydrogen (secondary N) is 2. The summed E-state index contributed by atoms with van der Waals surface area (Å²) < 4.78 is 0. The van der Waals surface area contributed by atoms with Gasteiger partial charge < -0.3 is 5.32 Å². The maximum atomic E-state index is 5.56. The number of hydrogen-bond donors (Lipinski definition) is 2. The zero-order chi connectivity index (χ0) is 16.6. The van der Waals surface area contributed by atoms with Crippen LogP contribution in [-0.4, -0.2) is 21.3 Å². The molecule has 4 aliphatic carbocycles. The summed E-state index contributed by atoms with van der Waals surface area (Å²) in [6.07, 6.45) is 10.8. The molecule has 5 rings (SSSR count). The van der Waals surface area contributed by atoms with Gasteiger partial charge in [0.15, 0.2) is 5.11 Å². The molecule has 1 aromatic heterocycles. The second-order valence-electron chi connectivity index (χ2n) is 7.89. The van der Waals surface area contributed by atoms with Crippen LogP contribution in [-0.2, 0) is 0 Å². The van der Waals surface area contributed by atoms with Crippen molar-refractivity contribution in [3.05, 3.63) is 30.1 Å². The molecule has 0 aromatic carbocycles. The van der Waals surface area contributed by atoms with Crippen LogP contribution < -0.4 is 10.7 Å². The minimum Gasteiger partial charge on any atom is -0.356 e. The molecule has 0 atom stereocenters. The molecule has 0 aliphatic heterocycles. The van der Waals surface area contributed by atoms with Gasteiger partial charge in [-0.15, -0.1) is 0 Å². The van der Waals surface area contributed by atoms with Crippen LogP contribution in [0.4, 0.5) is 0 Å². The highest BCUT2D eigenvalue weighted by Gasteiger charge is 2.51. The fourth-order valence-corrected chi connectivity index (χ4v) is 5.76. The number of nitrogens with zero attached hydrogens (tertiary/aromatic N) is 2. The molecule has 0 radical (unpaired) electrons. The first-order chi connectivity index (χ1) is 11.7. The average molecular weight is 343 g/mol. The predicted molar refractivity (Wildman–Crippen MR) is 101 cm³/mol. The minimum atomic E-state index is 0.228. The second-order valence-corrected chi connectivity index (χ2v) is 8.30. The SMILES string of the molecule is CC/C(=N\NC(=S)NC12CC3CC(CC(C3)C1)C2)c1ccccn1. The third-order valence-corrected chi connectivity index (χ3v) is 6.20. The third kappa shape index (κ3) is 3.18. The molecule has 2 N–H and O–H groups in total. The molecule has 5 heteroatoms. The largest absolute Gasteiger partial charge is 0.356 e. The normalized spacial score (nSPS) is 34.2. The standard InChI is InChI=1S/C19H26N4S/c1-2-16(17-5-3-4-6-20-17)22-23-18(24)21-19-10-13-7-14(11-19)9-15(8-13)12-19/h3-6,13-15H,2,7-12H2,1H3,(H2,21,23,24)/b22-16+. The van der Waals surface area contributed by atoms with E-state index in [0.717, 1.165) is 35.6 Å². The van der Waals surface area contributed by atoms with Gasteiger partial charge in [0.05, 0.1) is 11.4 Å². The van der Waals surface area contributed by atoms with Crippen molar-refractivity contribution in [2.24, 2.45) is 22.9 Å². The smallest absolute Gasteiger partial charge is 0.187 e. The van der Waals surface area contributed by atoms with Gasteiger partial charge >= 0.3 is 0 Å². The van der Waals surface area contributed by atoms with E-state index in [0.29, 0.717) is 5.11 Å². The van der Waals surface area contributed by atoms with E-state index in [1.54, 1.807) is 6.20 Å². The van der Waals surface area contributed by atoms with Gasteiger partial charge in [-0.1, -0.05) is 13.0 Å². The first kappa shape index (κ1) is 16.0. The van der Waals surface area contributed by atoms with Gasteiger partial charge in [-0.2, -0.15) is 5.10 Å². The first-order valence-corrected chi connectivity index (χ1v) is 9.63. The van der Waals surface area contributed by atoms with Crippen LogP contribution in [0.3, 0.4) is 0 Å². The van der Waals surface area contributed by atoms with Crippen LogP contribution in [0.2, 0.25) is 0 Å². The Balaban J connectivity index is 1.41. The summed E-state index contributed by atoms with van der Waals surface area (Å²) >= 11 is 5.56. The molecule has 1 aromatic rings. The maximum absolute atomic E-state index is 5.56. The maximum Gasteiger partial charge on any atom is 0.187 e. The lowest BCUT2D eigenvalue weighted by atomic mass is 9.53. The summed E-state index contributed by atoms with van der Waals surface area (Å²) in [5, 5.41) is 8.82. The second kappa shape index (κ2) is 6.43. The zero-order valence-corrected chi connectivity index (χ0v) is 15.1. The highest BCUT2D eigenvalue weighted by atomic mass is 32.1. The number of hydrogen-bond acceptors (Lipinski definition) is 3. The topological polar surface area (TPSA) is 49.3 Å². The van der Waals surface area contributed by atoms with Gasteiger partial charge in [-0.3, -0.25) is 10.4 Å². The quantitative estimate of drug-likeness (QED) is 0.498. The predicted octanol–water partition coefficient (Wildman–Crippen LogP) is 3.63. The Morgan fingerprint density at radius 2 is 1.88 bits per heavy atom. The summed E-state index contributed by atoms with van der Waals surface area (Å²) in [5.74, 6) is 2.74. The van der Waals surface area contributed by atoms with Crippen LogP contribution in [0.15, 0.2) is 29.5 Å². The van der Waals surface area contributed by atoms with E-state index in [1.165, 1.54) is 38.5 Å². The summed E-state index contributed by atoms with van der Waals surface area (Å²) in [5.41, 5.74) is 5.15. The summed E-state index contributed by atoms with van der Waals surface area (Å²) in [6.45, 7) is 2.09. The molecule has 0 saturated heterocycles. The van der Waals surface area contributed by atoms with E-state index < -0.39 is 0 Å². The molecular weight excluding hydrogens is 316 g/mol. The van der Waals surface area contributed by atoms with E-state index >= 15 is 0 Å². The molecule has 128 valence electrons. The van der Waals surface area contributed by atoms with E-state index in [4.69, 9.17) is 12.2 Å². The van der Waals surface area contributed by atoms with Gasteiger partial charge in [-0.05, 0) is 87.1 Å². The van der Waals surface area contributed by atoms with Crippen LogP contribution in [0.5, 0.6) is 0 Å².